The van der Waals surface area contributed by atoms with E-state index in [0.717, 1.165) is 57.2 Å². The molecule has 172 valence electrons. The highest BCUT2D eigenvalue weighted by molar-refractivity contribution is 7.13. The molecule has 0 atom stereocenters. The second-order valence-electron chi connectivity index (χ2n) is 7.91. The zero-order chi connectivity index (χ0) is 23.9. The van der Waals surface area contributed by atoms with Crippen LogP contribution >= 0.6 is 11.3 Å². The van der Waals surface area contributed by atoms with Crippen LogP contribution in [0.3, 0.4) is 0 Å². The number of benzene rings is 2. The summed E-state index contributed by atoms with van der Waals surface area (Å²) in [4.78, 5) is 21.7. The van der Waals surface area contributed by atoms with Crippen molar-refractivity contribution in [2.75, 3.05) is 5.32 Å². The molecule has 6 heteroatoms. The van der Waals surface area contributed by atoms with Crippen molar-refractivity contribution in [1.29, 1.82) is 0 Å². The summed E-state index contributed by atoms with van der Waals surface area (Å²) in [5.41, 5.74) is 6.05. The number of nitrogens with zero attached hydrogens (tertiary/aromatic N) is 2. The average molecular weight is 470 g/mol. The lowest BCUT2D eigenvalue weighted by atomic mass is 10.1. The Morgan fingerprint density at radius 3 is 2.38 bits per heavy atom. The molecule has 2 heterocycles. The monoisotopic (exact) mass is 469 g/mol. The smallest absolute Gasteiger partial charge is 0.307 e. The quantitative estimate of drug-likeness (QED) is 0.280. The first-order valence-corrected chi connectivity index (χ1v) is 12.2. The summed E-state index contributed by atoms with van der Waals surface area (Å²) in [7, 11) is 0. The van der Waals surface area contributed by atoms with Gasteiger partial charge in [-0.15, -0.1) is 11.3 Å². The fourth-order valence-electron chi connectivity index (χ4n) is 3.74. The predicted molar refractivity (Wildman–Crippen MR) is 141 cm³/mol. The van der Waals surface area contributed by atoms with Gasteiger partial charge in [0.2, 0.25) is 0 Å². The summed E-state index contributed by atoms with van der Waals surface area (Å²) in [5, 5.41) is 14.5. The molecule has 4 rings (SSSR count). The Bertz CT molecular complexity index is 1300. The Morgan fingerprint density at radius 2 is 1.71 bits per heavy atom. The van der Waals surface area contributed by atoms with Gasteiger partial charge in [-0.25, -0.2) is 9.97 Å². The minimum Gasteiger partial charge on any atom is -0.481 e. The summed E-state index contributed by atoms with van der Waals surface area (Å²) in [6.45, 7) is 4.22. The molecule has 0 bridgehead atoms. The number of hydrogen-bond acceptors (Lipinski definition) is 5. The van der Waals surface area contributed by atoms with Crippen LogP contribution < -0.4 is 5.32 Å². The maximum Gasteiger partial charge on any atom is 0.307 e. The Kier molecular flexibility index (Phi) is 7.50. The summed E-state index contributed by atoms with van der Waals surface area (Å²) < 4.78 is 0. The first kappa shape index (κ1) is 23.4. The lowest BCUT2D eigenvalue weighted by Crippen LogP contribution is -2.07. The third-order valence-electron chi connectivity index (χ3n) is 5.46. The van der Waals surface area contributed by atoms with Crippen LogP contribution in [0.1, 0.15) is 41.8 Å². The highest BCUT2D eigenvalue weighted by Crippen LogP contribution is 2.30. The Labute approximate surface area is 203 Å². The van der Waals surface area contributed by atoms with Gasteiger partial charge >= 0.3 is 5.97 Å². The SMILES string of the molecule is CCc1nc(-c2cc(/C=C/c3ccccc3)cs2)nc(Nc2ccc(CC(=O)O)cc2)c1CC. The van der Waals surface area contributed by atoms with Crippen LogP contribution in [0.15, 0.2) is 66.0 Å². The molecule has 0 saturated carbocycles. The van der Waals surface area contributed by atoms with Crippen molar-refractivity contribution in [2.45, 2.75) is 33.1 Å². The van der Waals surface area contributed by atoms with E-state index >= 15 is 0 Å². The molecule has 4 aromatic rings. The maximum atomic E-state index is 11.0. The third-order valence-corrected chi connectivity index (χ3v) is 6.41. The van der Waals surface area contributed by atoms with Gasteiger partial charge in [-0.3, -0.25) is 4.79 Å². The highest BCUT2D eigenvalue weighted by atomic mass is 32.1. The van der Waals surface area contributed by atoms with Crippen molar-refractivity contribution in [1.82, 2.24) is 9.97 Å². The van der Waals surface area contributed by atoms with Crippen LogP contribution in [-0.2, 0) is 24.1 Å². The molecule has 0 fully saturated rings. The van der Waals surface area contributed by atoms with Crippen molar-refractivity contribution in [3.63, 3.8) is 0 Å². The molecule has 2 N–H and O–H groups in total. The van der Waals surface area contributed by atoms with E-state index in [-0.39, 0.29) is 6.42 Å². The fraction of sp³-hybridized carbons (Fsp3) is 0.179. The van der Waals surface area contributed by atoms with E-state index < -0.39 is 5.97 Å². The molecule has 34 heavy (non-hydrogen) atoms. The van der Waals surface area contributed by atoms with E-state index in [0.29, 0.717) is 5.82 Å². The van der Waals surface area contributed by atoms with Crippen LogP contribution in [0, 0.1) is 0 Å². The van der Waals surface area contributed by atoms with Crippen LogP contribution in [-0.4, -0.2) is 21.0 Å². The number of hydrogen-bond donors (Lipinski definition) is 2. The lowest BCUT2D eigenvalue weighted by molar-refractivity contribution is -0.136. The minimum absolute atomic E-state index is 0.0115. The second-order valence-corrected chi connectivity index (χ2v) is 8.82. The largest absolute Gasteiger partial charge is 0.481 e. The first-order chi connectivity index (χ1) is 16.6. The molecule has 0 amide bonds. The van der Waals surface area contributed by atoms with Crippen LogP contribution in [0.5, 0.6) is 0 Å². The van der Waals surface area contributed by atoms with Gasteiger partial charge in [0.05, 0.1) is 11.3 Å². The van der Waals surface area contributed by atoms with Crippen molar-refractivity contribution in [2.24, 2.45) is 0 Å². The molecule has 5 nitrogen and oxygen atoms in total. The van der Waals surface area contributed by atoms with Gasteiger partial charge in [-0.2, -0.15) is 0 Å². The first-order valence-electron chi connectivity index (χ1n) is 11.3. The molecular formula is C28H27N3O2S. The predicted octanol–water partition coefficient (Wildman–Crippen LogP) is 6.87. The number of aliphatic carboxylic acids is 1. The van der Waals surface area contributed by atoms with Gasteiger partial charge in [-0.05, 0) is 53.1 Å². The van der Waals surface area contributed by atoms with E-state index in [4.69, 9.17) is 15.1 Å². The standard InChI is InChI=1S/C28H27N3O2S/c1-3-23-24(4-2)30-28(25-16-21(18-34-25)11-10-19-8-6-5-7-9-19)31-27(23)29-22-14-12-20(13-15-22)17-26(32)33/h5-16,18H,3-4,17H2,1-2H3,(H,32,33)(H,29,30,31)/b11-10+. The number of carboxylic acids is 1. The number of carboxylic acid groups (broad SMARTS) is 1. The normalized spacial score (nSPS) is 11.1. The van der Waals surface area contributed by atoms with Gasteiger partial charge in [0.1, 0.15) is 5.82 Å². The molecule has 0 spiro atoms. The Hall–Kier alpha value is -3.77. The van der Waals surface area contributed by atoms with E-state index in [1.54, 1.807) is 11.3 Å². The minimum atomic E-state index is -0.837. The fourth-order valence-corrected chi connectivity index (χ4v) is 4.55. The molecule has 0 saturated heterocycles. The molecule has 2 aromatic carbocycles. The topological polar surface area (TPSA) is 75.1 Å². The molecule has 2 aromatic heterocycles. The zero-order valence-electron chi connectivity index (χ0n) is 19.3. The highest BCUT2D eigenvalue weighted by Gasteiger charge is 2.15. The molecule has 0 aliphatic rings. The van der Waals surface area contributed by atoms with E-state index in [2.05, 4.69) is 54.9 Å². The van der Waals surface area contributed by atoms with Gasteiger partial charge < -0.3 is 10.4 Å². The number of nitrogens with one attached hydrogen (secondary N) is 1. The molecule has 0 radical (unpaired) electrons. The number of thiophene rings is 1. The average Bonchev–Trinajstić information content (AvgIpc) is 3.33. The van der Waals surface area contributed by atoms with Crippen LogP contribution in [0.4, 0.5) is 11.5 Å². The molecule has 0 unspecified atom stereocenters. The van der Waals surface area contributed by atoms with Gasteiger partial charge in [-0.1, -0.05) is 68.5 Å². The van der Waals surface area contributed by atoms with E-state index in [9.17, 15) is 4.79 Å². The molecule has 0 aliphatic heterocycles. The summed E-state index contributed by atoms with van der Waals surface area (Å²) in [6, 6.07) is 19.8. The van der Waals surface area contributed by atoms with E-state index in [1.165, 1.54) is 0 Å². The number of carbonyl (C=O) groups is 1. The molecule has 0 aliphatic carbocycles. The zero-order valence-corrected chi connectivity index (χ0v) is 20.1. The molecular weight excluding hydrogens is 442 g/mol. The third kappa shape index (κ3) is 5.77. The summed E-state index contributed by atoms with van der Waals surface area (Å²) in [6.07, 6.45) is 5.85. The number of aromatic nitrogens is 2. The number of rotatable bonds is 9. The summed E-state index contributed by atoms with van der Waals surface area (Å²) >= 11 is 1.63. The summed E-state index contributed by atoms with van der Waals surface area (Å²) in [5.74, 6) is 0.671. The lowest BCUT2D eigenvalue weighted by Gasteiger charge is -2.15. The van der Waals surface area contributed by atoms with Crippen LogP contribution in [0.25, 0.3) is 22.9 Å². The van der Waals surface area contributed by atoms with Crippen molar-refractivity contribution >= 4 is 41.0 Å². The second kappa shape index (κ2) is 10.9. The van der Waals surface area contributed by atoms with Crippen molar-refractivity contribution in [3.8, 4) is 10.7 Å². The van der Waals surface area contributed by atoms with Gasteiger partial charge in [0.25, 0.3) is 0 Å². The number of aryl methyl sites for hydroxylation is 1. The number of anilines is 2. The van der Waals surface area contributed by atoms with Gasteiger partial charge in [0.15, 0.2) is 5.82 Å². The van der Waals surface area contributed by atoms with Gasteiger partial charge in [0, 0.05) is 16.9 Å². The Balaban J connectivity index is 1.62. The Morgan fingerprint density at radius 1 is 0.971 bits per heavy atom. The maximum absolute atomic E-state index is 11.0. The van der Waals surface area contributed by atoms with Crippen LogP contribution in [0.2, 0.25) is 0 Å². The van der Waals surface area contributed by atoms with Crippen molar-refractivity contribution in [3.05, 3.63) is 94.0 Å². The van der Waals surface area contributed by atoms with E-state index in [1.807, 2.05) is 42.5 Å². The van der Waals surface area contributed by atoms with Crippen molar-refractivity contribution < 1.29 is 9.90 Å².